The average Bonchev–Trinajstić information content (AvgIpc) is 2.61. The predicted molar refractivity (Wildman–Crippen MR) is 112 cm³/mol. The van der Waals surface area contributed by atoms with Crippen LogP contribution < -0.4 is 14.8 Å². The van der Waals surface area contributed by atoms with E-state index in [4.69, 9.17) is 27.9 Å². The van der Waals surface area contributed by atoms with Gasteiger partial charge in [0.25, 0.3) is 0 Å². The van der Waals surface area contributed by atoms with Gasteiger partial charge in [0.2, 0.25) is 0 Å². The molecule has 0 aromatic heterocycles. The molecule has 7 heteroatoms. The number of benzene rings is 1. The fourth-order valence-corrected chi connectivity index (χ4v) is 4.31. The number of piperidine rings is 1. The van der Waals surface area contributed by atoms with E-state index in [-0.39, 0.29) is 12.0 Å². The van der Waals surface area contributed by atoms with Gasteiger partial charge in [-0.3, -0.25) is 0 Å². The van der Waals surface area contributed by atoms with Gasteiger partial charge in [0.15, 0.2) is 0 Å². The van der Waals surface area contributed by atoms with Crippen LogP contribution in [-0.2, 0) is 11.4 Å². The lowest BCUT2D eigenvalue weighted by Gasteiger charge is -2.35. The van der Waals surface area contributed by atoms with E-state index in [1.54, 1.807) is 12.1 Å². The molecule has 1 unspecified atom stereocenters. The van der Waals surface area contributed by atoms with Crippen molar-refractivity contribution in [2.45, 2.75) is 44.4 Å². The normalized spacial score (nSPS) is 18.4. The van der Waals surface area contributed by atoms with Crippen LogP contribution in [0.3, 0.4) is 0 Å². The van der Waals surface area contributed by atoms with Crippen LogP contribution in [0.1, 0.15) is 45.2 Å². The Balaban J connectivity index is 2.45. The smallest absolute Gasteiger partial charge is 0.136 e. The molecule has 1 aliphatic rings. The highest BCUT2D eigenvalue weighted by Crippen LogP contribution is 2.42. The zero-order chi connectivity index (χ0) is 19.3. The summed E-state index contributed by atoms with van der Waals surface area (Å²) in [7, 11) is 0. The second-order valence-corrected chi connectivity index (χ2v) is 10.2. The summed E-state index contributed by atoms with van der Waals surface area (Å²) in [5, 5.41) is 4.29. The fourth-order valence-electron chi connectivity index (χ4n) is 2.97. The third kappa shape index (κ3) is 5.54. The Morgan fingerprint density at radius 2 is 2.04 bits per heavy atom. The molecule has 0 radical (unpaired) electrons. The van der Waals surface area contributed by atoms with Gasteiger partial charge in [-0.1, -0.05) is 35.9 Å². The minimum atomic E-state index is -1.25. The zero-order valence-electron chi connectivity index (χ0n) is 15.6. The summed E-state index contributed by atoms with van der Waals surface area (Å²) in [5.41, 5.74) is 0.783. The maximum absolute atomic E-state index is 12.9. The number of ether oxygens (including phenoxy) is 1. The van der Waals surface area contributed by atoms with E-state index in [0.717, 1.165) is 31.5 Å². The number of rotatable bonds is 7. The highest BCUT2D eigenvalue weighted by atomic mass is 35.5. The summed E-state index contributed by atoms with van der Waals surface area (Å²) in [4.78, 5) is 0. The molecule has 0 amide bonds. The lowest BCUT2D eigenvalue weighted by atomic mass is 9.86. The van der Waals surface area contributed by atoms with Crippen LogP contribution in [0.5, 0.6) is 5.75 Å². The molecule has 1 heterocycles. The second kappa shape index (κ2) is 9.67. The van der Waals surface area contributed by atoms with Crippen molar-refractivity contribution >= 4 is 34.6 Å². The molecule has 0 aliphatic carbocycles. The van der Waals surface area contributed by atoms with Crippen LogP contribution in [0.25, 0.3) is 0 Å². The molecule has 0 spiro atoms. The van der Waals surface area contributed by atoms with Gasteiger partial charge in [0.05, 0.1) is 16.1 Å². The molecule has 4 nitrogen and oxygen atoms in total. The molecule has 1 saturated heterocycles. The van der Waals surface area contributed by atoms with Crippen LogP contribution in [0, 0.1) is 5.92 Å². The van der Waals surface area contributed by atoms with E-state index in [2.05, 4.69) is 16.6 Å². The molecule has 0 saturated carbocycles. The predicted octanol–water partition coefficient (Wildman–Crippen LogP) is 4.65. The van der Waals surface area contributed by atoms with Gasteiger partial charge in [-0.25, -0.2) is 0 Å². The van der Waals surface area contributed by atoms with Crippen LogP contribution >= 0.6 is 23.2 Å². The molecule has 146 valence electrons. The molecule has 2 N–H and O–H groups in total. The van der Waals surface area contributed by atoms with Crippen molar-refractivity contribution in [3.8, 4) is 5.75 Å². The molecule has 1 aromatic carbocycles. The fraction of sp³-hybridized carbons (Fsp3) is 0.579. The molecule has 2 rings (SSSR count). The molecular weight excluding hydrogens is 391 g/mol. The van der Waals surface area contributed by atoms with E-state index < -0.39 is 16.1 Å². The lowest BCUT2D eigenvalue weighted by Crippen LogP contribution is -2.45. The van der Waals surface area contributed by atoms with E-state index in [0.29, 0.717) is 22.4 Å². The average molecular weight is 419 g/mol. The Morgan fingerprint density at radius 3 is 2.62 bits per heavy atom. The first-order valence-corrected chi connectivity index (χ1v) is 10.8. The molecule has 1 aromatic rings. The van der Waals surface area contributed by atoms with E-state index in [1.165, 1.54) is 0 Å². The number of nitrogens with one attached hydrogen (secondary N) is 2. The van der Waals surface area contributed by atoms with Crippen LogP contribution in [0.2, 0.25) is 10.0 Å². The number of hydrogen-bond donors (Lipinski definition) is 2. The lowest BCUT2D eigenvalue weighted by molar-refractivity contribution is 0.292. The largest absolute Gasteiger partial charge is 0.598 e. The number of hydrogen-bond acceptors (Lipinski definition) is 4. The summed E-state index contributed by atoms with van der Waals surface area (Å²) < 4.78 is 21.6. The van der Waals surface area contributed by atoms with Gasteiger partial charge < -0.3 is 14.6 Å². The first-order chi connectivity index (χ1) is 12.3. The molecule has 1 fully saturated rings. The van der Waals surface area contributed by atoms with Gasteiger partial charge in [-0.2, -0.15) is 0 Å². The van der Waals surface area contributed by atoms with Crippen LogP contribution in [-0.4, -0.2) is 29.0 Å². The minimum absolute atomic E-state index is 0.205. The molecular formula is C19H28Cl2N2O2S. The quantitative estimate of drug-likeness (QED) is 0.499. The summed E-state index contributed by atoms with van der Waals surface area (Å²) in [5.74, 6) is 0.936. The van der Waals surface area contributed by atoms with Crippen molar-refractivity contribution in [3.63, 3.8) is 0 Å². The van der Waals surface area contributed by atoms with Gasteiger partial charge in [0.1, 0.15) is 17.1 Å². The SMILES string of the molecule is C=CCOc1ccc(Cl)c(Cl)c1C(N[S@@+]([O-])C(C)(C)C)C1CCNCC1. The Morgan fingerprint density at radius 1 is 1.38 bits per heavy atom. The highest BCUT2D eigenvalue weighted by molar-refractivity contribution is 7.90. The zero-order valence-corrected chi connectivity index (χ0v) is 17.9. The van der Waals surface area contributed by atoms with E-state index in [1.807, 2.05) is 26.8 Å². The van der Waals surface area contributed by atoms with Crippen LogP contribution in [0.4, 0.5) is 0 Å². The maximum atomic E-state index is 12.9. The molecule has 0 bridgehead atoms. The minimum Gasteiger partial charge on any atom is -0.598 e. The van der Waals surface area contributed by atoms with Crippen molar-refractivity contribution in [1.29, 1.82) is 0 Å². The second-order valence-electron chi connectivity index (χ2n) is 7.44. The molecule has 26 heavy (non-hydrogen) atoms. The maximum Gasteiger partial charge on any atom is 0.136 e. The van der Waals surface area contributed by atoms with Gasteiger partial charge >= 0.3 is 0 Å². The van der Waals surface area contributed by atoms with Crippen molar-refractivity contribution in [2.75, 3.05) is 19.7 Å². The van der Waals surface area contributed by atoms with Gasteiger partial charge in [0, 0.05) is 16.9 Å². The Hall–Kier alpha value is -0.430. The first kappa shape index (κ1) is 21.9. The summed E-state index contributed by atoms with van der Waals surface area (Å²) in [6.45, 7) is 11.8. The van der Waals surface area contributed by atoms with Crippen molar-refractivity contribution in [2.24, 2.45) is 5.92 Å². The van der Waals surface area contributed by atoms with E-state index in [9.17, 15) is 4.55 Å². The standard InChI is InChI=1S/C19H28Cl2N2O2S/c1-5-12-25-15-7-6-14(20)17(21)16(15)18(13-8-10-22-11-9-13)23-26(24)19(2,3)4/h5-7,13,18,22-23H,1,8-12H2,2-4H3/t18?,26-/m0/s1. The van der Waals surface area contributed by atoms with Gasteiger partial charge in [-0.05, 0) is 64.8 Å². The Bertz CT molecular complexity index is 616. The summed E-state index contributed by atoms with van der Waals surface area (Å²) >= 11 is 11.7. The van der Waals surface area contributed by atoms with E-state index >= 15 is 0 Å². The van der Waals surface area contributed by atoms with Crippen molar-refractivity contribution < 1.29 is 9.29 Å². The molecule has 2 atom stereocenters. The summed E-state index contributed by atoms with van der Waals surface area (Å²) in [6.07, 6.45) is 3.61. The van der Waals surface area contributed by atoms with Crippen LogP contribution in [0.15, 0.2) is 24.8 Å². The molecule has 1 aliphatic heterocycles. The Labute approximate surface area is 170 Å². The first-order valence-electron chi connectivity index (χ1n) is 8.86. The Kier molecular flexibility index (Phi) is 8.13. The third-order valence-corrected chi connectivity index (χ3v) is 6.81. The van der Waals surface area contributed by atoms with Crippen molar-refractivity contribution in [3.05, 3.63) is 40.4 Å². The topological polar surface area (TPSA) is 56.3 Å². The summed E-state index contributed by atoms with van der Waals surface area (Å²) in [6, 6.07) is 3.35. The van der Waals surface area contributed by atoms with Gasteiger partial charge in [-0.15, -0.1) is 4.72 Å². The number of halogens is 2. The highest BCUT2D eigenvalue weighted by Gasteiger charge is 2.37. The third-order valence-electron chi connectivity index (χ3n) is 4.41. The van der Waals surface area contributed by atoms with Crippen molar-refractivity contribution in [1.82, 2.24) is 10.0 Å². The monoisotopic (exact) mass is 418 g/mol.